The van der Waals surface area contributed by atoms with Crippen LogP contribution in [0.25, 0.3) is 0 Å². The number of aliphatic carboxylic acids is 1. The Morgan fingerprint density at radius 2 is 2.06 bits per heavy atom. The van der Waals surface area contributed by atoms with Crippen molar-refractivity contribution in [2.45, 2.75) is 13.8 Å². The van der Waals surface area contributed by atoms with Gasteiger partial charge >= 0.3 is 5.97 Å². The SMILES string of the molecule is CC(C(=O)O)C(C)C(=O)Nc1cccnc1Cl. The van der Waals surface area contributed by atoms with Crippen LogP contribution in [0.5, 0.6) is 0 Å². The molecule has 1 heterocycles. The van der Waals surface area contributed by atoms with Crippen LogP contribution in [0.1, 0.15) is 13.8 Å². The fourth-order valence-electron chi connectivity index (χ4n) is 1.17. The third-order valence-corrected chi connectivity index (χ3v) is 2.87. The van der Waals surface area contributed by atoms with E-state index in [1.807, 2.05) is 0 Å². The highest BCUT2D eigenvalue weighted by atomic mass is 35.5. The largest absolute Gasteiger partial charge is 0.481 e. The molecule has 0 saturated heterocycles. The molecule has 2 unspecified atom stereocenters. The molecular weight excluding hydrogens is 244 g/mol. The molecule has 0 aliphatic heterocycles. The number of amides is 1. The lowest BCUT2D eigenvalue weighted by Gasteiger charge is -2.15. The van der Waals surface area contributed by atoms with Crippen LogP contribution in [0, 0.1) is 11.8 Å². The Morgan fingerprint density at radius 1 is 1.41 bits per heavy atom. The zero-order chi connectivity index (χ0) is 13.0. The minimum Gasteiger partial charge on any atom is -0.481 e. The zero-order valence-electron chi connectivity index (χ0n) is 9.48. The third-order valence-electron chi connectivity index (χ3n) is 2.57. The van der Waals surface area contributed by atoms with Crippen molar-refractivity contribution in [3.05, 3.63) is 23.5 Å². The summed E-state index contributed by atoms with van der Waals surface area (Å²) in [6, 6.07) is 3.23. The average molecular weight is 257 g/mol. The number of pyridine rings is 1. The highest BCUT2D eigenvalue weighted by Gasteiger charge is 2.26. The lowest BCUT2D eigenvalue weighted by molar-refractivity contribution is -0.145. The number of carbonyl (C=O) groups excluding carboxylic acids is 1. The summed E-state index contributed by atoms with van der Waals surface area (Å²) in [4.78, 5) is 26.3. The first-order valence-electron chi connectivity index (χ1n) is 5.07. The van der Waals surface area contributed by atoms with Crippen molar-refractivity contribution in [3.63, 3.8) is 0 Å². The predicted molar refractivity (Wildman–Crippen MR) is 63.8 cm³/mol. The predicted octanol–water partition coefficient (Wildman–Crippen LogP) is 2.03. The summed E-state index contributed by atoms with van der Waals surface area (Å²) in [7, 11) is 0. The van der Waals surface area contributed by atoms with Crippen molar-refractivity contribution in [2.75, 3.05) is 5.32 Å². The Bertz CT molecular complexity index is 436. The van der Waals surface area contributed by atoms with Gasteiger partial charge in [0.1, 0.15) is 0 Å². The molecule has 5 nitrogen and oxygen atoms in total. The van der Waals surface area contributed by atoms with E-state index < -0.39 is 23.7 Å². The highest BCUT2D eigenvalue weighted by molar-refractivity contribution is 6.32. The van der Waals surface area contributed by atoms with Gasteiger partial charge in [0, 0.05) is 12.1 Å². The van der Waals surface area contributed by atoms with Crippen LogP contribution in [0.15, 0.2) is 18.3 Å². The van der Waals surface area contributed by atoms with Crippen molar-refractivity contribution in [2.24, 2.45) is 11.8 Å². The molecule has 1 rings (SSSR count). The van der Waals surface area contributed by atoms with E-state index in [1.54, 1.807) is 19.1 Å². The standard InChI is InChI=1S/C11H13ClN2O3/c1-6(7(2)11(16)17)10(15)14-8-4-3-5-13-9(8)12/h3-7H,1-2H3,(H,14,15)(H,16,17). The number of aromatic nitrogens is 1. The van der Waals surface area contributed by atoms with Crippen molar-refractivity contribution in [3.8, 4) is 0 Å². The summed E-state index contributed by atoms with van der Waals surface area (Å²) in [5, 5.41) is 11.5. The molecule has 6 heteroatoms. The monoisotopic (exact) mass is 256 g/mol. The number of halogens is 1. The molecule has 0 radical (unpaired) electrons. The molecule has 0 aliphatic carbocycles. The Morgan fingerprint density at radius 3 is 2.59 bits per heavy atom. The quantitative estimate of drug-likeness (QED) is 0.808. The molecule has 92 valence electrons. The molecule has 0 saturated carbocycles. The number of carbonyl (C=O) groups is 2. The molecule has 17 heavy (non-hydrogen) atoms. The van der Waals surface area contributed by atoms with E-state index in [0.717, 1.165) is 0 Å². The van der Waals surface area contributed by atoms with Crippen molar-refractivity contribution in [1.29, 1.82) is 0 Å². The van der Waals surface area contributed by atoms with Gasteiger partial charge in [-0.1, -0.05) is 25.4 Å². The third kappa shape index (κ3) is 3.42. The Labute approximate surface area is 104 Å². The maximum atomic E-state index is 11.7. The number of rotatable bonds is 4. The molecule has 1 aromatic rings. The van der Waals surface area contributed by atoms with Crippen LogP contribution in [-0.4, -0.2) is 22.0 Å². The van der Waals surface area contributed by atoms with Gasteiger partial charge in [0.2, 0.25) is 5.91 Å². The second kappa shape index (κ2) is 5.63. The minimum atomic E-state index is -1.01. The summed E-state index contributed by atoms with van der Waals surface area (Å²) in [6.07, 6.45) is 1.50. The van der Waals surface area contributed by atoms with E-state index in [-0.39, 0.29) is 5.15 Å². The number of nitrogens with zero attached hydrogens (tertiary/aromatic N) is 1. The molecule has 0 bridgehead atoms. The van der Waals surface area contributed by atoms with Crippen LogP contribution >= 0.6 is 11.6 Å². The molecule has 0 fully saturated rings. The van der Waals surface area contributed by atoms with E-state index in [0.29, 0.717) is 5.69 Å². The number of nitrogens with one attached hydrogen (secondary N) is 1. The number of carboxylic acids is 1. The molecule has 0 aliphatic rings. The molecule has 2 N–H and O–H groups in total. The van der Waals surface area contributed by atoms with Gasteiger partial charge in [-0.05, 0) is 12.1 Å². The zero-order valence-corrected chi connectivity index (χ0v) is 10.2. The first-order valence-corrected chi connectivity index (χ1v) is 5.45. The van der Waals surface area contributed by atoms with Gasteiger partial charge in [-0.3, -0.25) is 9.59 Å². The minimum absolute atomic E-state index is 0.177. The van der Waals surface area contributed by atoms with Gasteiger partial charge < -0.3 is 10.4 Å². The maximum Gasteiger partial charge on any atom is 0.307 e. The Hall–Kier alpha value is -1.62. The van der Waals surface area contributed by atoms with E-state index in [4.69, 9.17) is 16.7 Å². The van der Waals surface area contributed by atoms with E-state index in [9.17, 15) is 9.59 Å². The molecule has 2 atom stereocenters. The molecule has 0 aromatic carbocycles. The van der Waals surface area contributed by atoms with E-state index >= 15 is 0 Å². The smallest absolute Gasteiger partial charge is 0.307 e. The average Bonchev–Trinajstić information content (AvgIpc) is 2.30. The van der Waals surface area contributed by atoms with Gasteiger partial charge in [-0.2, -0.15) is 0 Å². The summed E-state index contributed by atoms with van der Waals surface area (Å²) in [5.74, 6) is -2.81. The number of hydrogen-bond donors (Lipinski definition) is 2. The molecule has 1 amide bonds. The number of anilines is 1. The lowest BCUT2D eigenvalue weighted by atomic mass is 9.95. The van der Waals surface area contributed by atoms with Crippen LogP contribution < -0.4 is 5.32 Å². The Balaban J connectivity index is 2.73. The van der Waals surface area contributed by atoms with Gasteiger partial charge in [0.05, 0.1) is 11.6 Å². The van der Waals surface area contributed by atoms with Crippen LogP contribution in [0.4, 0.5) is 5.69 Å². The Kier molecular flexibility index (Phi) is 4.45. The topological polar surface area (TPSA) is 79.3 Å². The number of hydrogen-bond acceptors (Lipinski definition) is 3. The van der Waals surface area contributed by atoms with Crippen molar-refractivity contribution < 1.29 is 14.7 Å². The van der Waals surface area contributed by atoms with Crippen LogP contribution in [0.3, 0.4) is 0 Å². The molecule has 1 aromatic heterocycles. The second-order valence-electron chi connectivity index (χ2n) is 3.75. The van der Waals surface area contributed by atoms with Gasteiger partial charge in [0.15, 0.2) is 5.15 Å². The van der Waals surface area contributed by atoms with Crippen molar-refractivity contribution >= 4 is 29.2 Å². The maximum absolute atomic E-state index is 11.7. The first-order chi connectivity index (χ1) is 7.93. The molecular formula is C11H13ClN2O3. The summed E-state index contributed by atoms with van der Waals surface area (Å²) in [6.45, 7) is 3.04. The van der Waals surface area contributed by atoms with Gasteiger partial charge in [-0.25, -0.2) is 4.98 Å². The second-order valence-corrected chi connectivity index (χ2v) is 4.10. The number of carboxylic acid groups (broad SMARTS) is 1. The fraction of sp³-hybridized carbons (Fsp3) is 0.364. The molecule has 0 spiro atoms. The van der Waals surface area contributed by atoms with Gasteiger partial charge in [-0.15, -0.1) is 0 Å². The summed E-state index contributed by atoms with van der Waals surface area (Å²) < 4.78 is 0. The fourth-order valence-corrected chi connectivity index (χ4v) is 1.33. The summed E-state index contributed by atoms with van der Waals surface area (Å²) in [5.41, 5.74) is 0.378. The summed E-state index contributed by atoms with van der Waals surface area (Å²) >= 11 is 5.77. The first kappa shape index (κ1) is 13.4. The lowest BCUT2D eigenvalue weighted by Crippen LogP contribution is -2.30. The highest BCUT2D eigenvalue weighted by Crippen LogP contribution is 2.20. The van der Waals surface area contributed by atoms with E-state index in [2.05, 4.69) is 10.3 Å². The van der Waals surface area contributed by atoms with E-state index in [1.165, 1.54) is 13.1 Å². The normalized spacial score (nSPS) is 13.8. The van der Waals surface area contributed by atoms with Crippen molar-refractivity contribution in [1.82, 2.24) is 4.98 Å². The van der Waals surface area contributed by atoms with Crippen LogP contribution in [-0.2, 0) is 9.59 Å². The van der Waals surface area contributed by atoms with Crippen LogP contribution in [0.2, 0.25) is 5.15 Å². The van der Waals surface area contributed by atoms with Gasteiger partial charge in [0.25, 0.3) is 0 Å².